The molecule has 2 aromatic rings. The van der Waals surface area contributed by atoms with Crippen LogP contribution >= 0.6 is 46.4 Å². The molecule has 0 aliphatic rings. The number of halogens is 4. The molecule has 0 bridgehead atoms. The van der Waals surface area contributed by atoms with Crippen molar-refractivity contribution < 1.29 is 5.11 Å². The average Bonchev–Trinajstić information content (AvgIpc) is 2.36. The summed E-state index contributed by atoms with van der Waals surface area (Å²) >= 11 is 23.5. The molecule has 0 amide bonds. The molecule has 98 valence electrons. The van der Waals surface area contributed by atoms with Crippen molar-refractivity contribution in [2.45, 2.75) is 0 Å². The molecule has 2 rings (SSSR count). The molecule has 1 nitrogen and oxygen atoms in total. The number of hydrogen-bond donors (Lipinski definition) is 1. The highest BCUT2D eigenvalue weighted by atomic mass is 35.5. The van der Waals surface area contributed by atoms with Crippen molar-refractivity contribution in [1.29, 1.82) is 0 Å². The monoisotopic (exact) mass is 332 g/mol. The summed E-state index contributed by atoms with van der Waals surface area (Å²) in [6.45, 7) is 0. The van der Waals surface area contributed by atoms with Gasteiger partial charge in [0.2, 0.25) is 0 Å². The second-order valence-corrected chi connectivity index (χ2v) is 5.49. The summed E-state index contributed by atoms with van der Waals surface area (Å²) in [5, 5.41) is 11.4. The molecule has 0 spiro atoms. The maximum Gasteiger partial charge on any atom is 0.141 e. The van der Waals surface area contributed by atoms with E-state index in [0.717, 1.165) is 5.56 Å². The Kier molecular flexibility index (Phi) is 4.64. The van der Waals surface area contributed by atoms with Gasteiger partial charge >= 0.3 is 0 Å². The summed E-state index contributed by atoms with van der Waals surface area (Å²) in [7, 11) is 0. The number of aromatic hydroxyl groups is 1. The first-order valence-electron chi connectivity index (χ1n) is 5.28. The molecule has 2 aromatic carbocycles. The Balaban J connectivity index is 2.35. The molecule has 0 fully saturated rings. The van der Waals surface area contributed by atoms with Crippen LogP contribution in [-0.2, 0) is 0 Å². The van der Waals surface area contributed by atoms with E-state index in [-0.39, 0.29) is 10.8 Å². The van der Waals surface area contributed by atoms with Crippen LogP contribution in [0, 0.1) is 0 Å². The lowest BCUT2D eigenvalue weighted by atomic mass is 10.1. The summed E-state index contributed by atoms with van der Waals surface area (Å²) < 4.78 is 0. The van der Waals surface area contributed by atoms with Gasteiger partial charge in [-0.25, -0.2) is 0 Å². The van der Waals surface area contributed by atoms with Crippen molar-refractivity contribution in [2.24, 2.45) is 0 Å². The highest BCUT2D eigenvalue weighted by molar-refractivity contribution is 6.42. The van der Waals surface area contributed by atoms with Gasteiger partial charge in [-0.2, -0.15) is 0 Å². The zero-order valence-electron chi connectivity index (χ0n) is 9.50. The van der Waals surface area contributed by atoms with Gasteiger partial charge in [0.05, 0.1) is 15.1 Å². The second-order valence-electron chi connectivity index (χ2n) is 3.83. The first kappa shape index (κ1) is 14.5. The third-order valence-corrected chi connectivity index (χ3v) is 3.70. The predicted octanol–water partition coefficient (Wildman–Crippen LogP) is 6.18. The van der Waals surface area contributed by atoms with Gasteiger partial charge in [0.25, 0.3) is 0 Å². The third kappa shape index (κ3) is 3.58. The van der Waals surface area contributed by atoms with Crippen molar-refractivity contribution >= 4 is 58.6 Å². The van der Waals surface area contributed by atoms with Gasteiger partial charge in [0.1, 0.15) is 5.75 Å². The molecule has 0 aliphatic heterocycles. The Bertz CT molecular complexity index is 650. The molecule has 0 radical (unpaired) electrons. The lowest BCUT2D eigenvalue weighted by molar-refractivity contribution is 0.474. The Morgan fingerprint density at radius 1 is 0.789 bits per heavy atom. The van der Waals surface area contributed by atoms with Gasteiger partial charge in [-0.05, 0) is 29.8 Å². The molecule has 0 saturated heterocycles. The van der Waals surface area contributed by atoms with Crippen LogP contribution in [0.25, 0.3) is 12.2 Å². The molecule has 0 aromatic heterocycles. The van der Waals surface area contributed by atoms with Crippen molar-refractivity contribution in [3.8, 4) is 5.75 Å². The summed E-state index contributed by atoms with van der Waals surface area (Å²) in [6.07, 6.45) is 3.48. The summed E-state index contributed by atoms with van der Waals surface area (Å²) in [5.41, 5.74) is 1.38. The number of phenols is 1. The molecule has 19 heavy (non-hydrogen) atoms. The Morgan fingerprint density at radius 3 is 2.21 bits per heavy atom. The lowest BCUT2D eigenvalue weighted by Crippen LogP contribution is -1.78. The molecular weight excluding hydrogens is 326 g/mol. The van der Waals surface area contributed by atoms with E-state index < -0.39 is 0 Å². The maximum atomic E-state index is 9.81. The third-order valence-electron chi connectivity index (χ3n) is 2.46. The fraction of sp³-hybridized carbons (Fsp3) is 0. The zero-order valence-corrected chi connectivity index (χ0v) is 12.5. The van der Waals surface area contributed by atoms with Crippen molar-refractivity contribution in [3.63, 3.8) is 0 Å². The van der Waals surface area contributed by atoms with Crippen molar-refractivity contribution in [1.82, 2.24) is 0 Å². The molecule has 1 N–H and O–H groups in total. The quantitative estimate of drug-likeness (QED) is 0.651. The van der Waals surface area contributed by atoms with Gasteiger partial charge in [0.15, 0.2) is 0 Å². The van der Waals surface area contributed by atoms with E-state index in [1.807, 2.05) is 6.07 Å². The summed E-state index contributed by atoms with van der Waals surface area (Å²) in [6, 6.07) is 8.34. The van der Waals surface area contributed by atoms with Crippen LogP contribution in [0.2, 0.25) is 20.1 Å². The molecule has 0 heterocycles. The molecule has 0 atom stereocenters. The van der Waals surface area contributed by atoms with Crippen LogP contribution in [0.1, 0.15) is 11.1 Å². The number of rotatable bonds is 2. The zero-order chi connectivity index (χ0) is 14.0. The summed E-state index contributed by atoms with van der Waals surface area (Å²) in [5.74, 6) is -0.0117. The van der Waals surface area contributed by atoms with E-state index in [4.69, 9.17) is 46.4 Å². The van der Waals surface area contributed by atoms with Crippen LogP contribution < -0.4 is 0 Å². The number of benzene rings is 2. The molecule has 0 aliphatic carbocycles. The van der Waals surface area contributed by atoms with Crippen LogP contribution in [-0.4, -0.2) is 5.11 Å². The molecule has 0 unspecified atom stereocenters. The minimum absolute atomic E-state index is 0.0117. The topological polar surface area (TPSA) is 20.2 Å². The minimum atomic E-state index is -0.0117. The Morgan fingerprint density at radius 2 is 1.53 bits per heavy atom. The van der Waals surface area contributed by atoms with Crippen LogP contribution in [0.3, 0.4) is 0 Å². The van der Waals surface area contributed by atoms with Crippen LogP contribution in [0.5, 0.6) is 5.75 Å². The van der Waals surface area contributed by atoms with Crippen LogP contribution in [0.4, 0.5) is 0 Å². The SMILES string of the molecule is Oc1c(Cl)cc(Cl)cc1/C=C/c1ccc(Cl)c(Cl)c1. The summed E-state index contributed by atoms with van der Waals surface area (Å²) in [4.78, 5) is 0. The van der Waals surface area contributed by atoms with Gasteiger partial charge < -0.3 is 5.11 Å². The van der Waals surface area contributed by atoms with E-state index in [0.29, 0.717) is 20.6 Å². The highest BCUT2D eigenvalue weighted by Crippen LogP contribution is 2.32. The van der Waals surface area contributed by atoms with E-state index in [2.05, 4.69) is 0 Å². The number of phenolic OH excluding ortho intramolecular Hbond substituents is 1. The minimum Gasteiger partial charge on any atom is -0.506 e. The maximum absolute atomic E-state index is 9.81. The van der Waals surface area contributed by atoms with Crippen molar-refractivity contribution in [2.75, 3.05) is 0 Å². The molecule has 5 heteroatoms. The first-order valence-corrected chi connectivity index (χ1v) is 6.79. The molecular formula is C14H8Cl4O. The Labute approximate surface area is 131 Å². The van der Waals surface area contributed by atoms with Crippen LogP contribution in [0.15, 0.2) is 30.3 Å². The lowest BCUT2D eigenvalue weighted by Gasteiger charge is -2.03. The van der Waals surface area contributed by atoms with E-state index in [1.165, 1.54) is 6.07 Å². The van der Waals surface area contributed by atoms with Gasteiger partial charge in [-0.1, -0.05) is 64.6 Å². The largest absolute Gasteiger partial charge is 0.506 e. The Hall–Kier alpha value is -0.860. The van der Waals surface area contributed by atoms with E-state index in [9.17, 15) is 5.11 Å². The van der Waals surface area contributed by atoms with E-state index >= 15 is 0 Å². The molecule has 0 saturated carbocycles. The average molecular weight is 334 g/mol. The van der Waals surface area contributed by atoms with E-state index in [1.54, 1.807) is 30.4 Å². The normalized spacial score (nSPS) is 11.2. The smallest absolute Gasteiger partial charge is 0.141 e. The number of hydrogen-bond acceptors (Lipinski definition) is 1. The fourth-order valence-corrected chi connectivity index (χ4v) is 2.33. The fourth-order valence-electron chi connectivity index (χ4n) is 1.51. The van der Waals surface area contributed by atoms with Gasteiger partial charge in [0, 0.05) is 10.6 Å². The standard InChI is InChI=1S/C14H8Cl4O/c15-10-6-9(14(19)13(18)7-10)3-1-8-2-4-11(16)12(17)5-8/h1-7,19H/b3-1+. The van der Waals surface area contributed by atoms with Gasteiger partial charge in [-0.15, -0.1) is 0 Å². The first-order chi connectivity index (χ1) is 8.97. The highest BCUT2D eigenvalue weighted by Gasteiger charge is 2.05. The second kappa shape index (κ2) is 6.06. The predicted molar refractivity (Wildman–Crippen MR) is 83.5 cm³/mol. The van der Waals surface area contributed by atoms with Gasteiger partial charge in [-0.3, -0.25) is 0 Å². The van der Waals surface area contributed by atoms with Crippen molar-refractivity contribution in [3.05, 3.63) is 61.5 Å².